The van der Waals surface area contributed by atoms with Crippen molar-refractivity contribution in [2.75, 3.05) is 20.7 Å². The van der Waals surface area contributed by atoms with Gasteiger partial charge in [0.15, 0.2) is 0 Å². The van der Waals surface area contributed by atoms with Gasteiger partial charge in [-0.1, -0.05) is 30.3 Å². The van der Waals surface area contributed by atoms with E-state index in [-0.39, 0.29) is 0 Å². The number of hydrogen-bond donors (Lipinski definition) is 2. The van der Waals surface area contributed by atoms with Crippen LogP contribution in [0, 0.1) is 0 Å². The molecule has 2 aromatic rings. The lowest BCUT2D eigenvalue weighted by Crippen LogP contribution is -2.12. The molecular formula is C18H23NO3. The van der Waals surface area contributed by atoms with Crippen LogP contribution in [0.15, 0.2) is 48.5 Å². The molecule has 0 amide bonds. The van der Waals surface area contributed by atoms with Gasteiger partial charge in [-0.05, 0) is 43.8 Å². The van der Waals surface area contributed by atoms with Crippen LogP contribution in [0.2, 0.25) is 0 Å². The first-order chi connectivity index (χ1) is 10.7. The summed E-state index contributed by atoms with van der Waals surface area (Å²) >= 11 is 0. The van der Waals surface area contributed by atoms with Crippen molar-refractivity contribution in [1.82, 2.24) is 5.32 Å². The van der Waals surface area contributed by atoms with Gasteiger partial charge in [-0.25, -0.2) is 0 Å². The van der Waals surface area contributed by atoms with Gasteiger partial charge in [0, 0.05) is 5.56 Å². The Morgan fingerprint density at radius 3 is 2.73 bits per heavy atom. The molecule has 118 valence electrons. The molecule has 0 bridgehead atoms. The quantitative estimate of drug-likeness (QED) is 0.787. The van der Waals surface area contributed by atoms with Crippen LogP contribution in [0.1, 0.15) is 23.7 Å². The minimum Gasteiger partial charge on any atom is -0.496 e. The molecule has 0 aromatic heterocycles. The highest BCUT2D eigenvalue weighted by Crippen LogP contribution is 2.24. The van der Waals surface area contributed by atoms with E-state index in [1.165, 1.54) is 0 Å². The van der Waals surface area contributed by atoms with Gasteiger partial charge in [-0.15, -0.1) is 0 Å². The Kier molecular flexibility index (Phi) is 6.25. The molecule has 1 unspecified atom stereocenters. The molecule has 0 spiro atoms. The summed E-state index contributed by atoms with van der Waals surface area (Å²) in [5, 5.41) is 13.2. The van der Waals surface area contributed by atoms with Crippen molar-refractivity contribution in [3.05, 3.63) is 59.7 Å². The molecule has 0 saturated carbocycles. The van der Waals surface area contributed by atoms with Gasteiger partial charge in [0.25, 0.3) is 0 Å². The van der Waals surface area contributed by atoms with Crippen LogP contribution in [0.5, 0.6) is 11.5 Å². The van der Waals surface area contributed by atoms with E-state index in [1.807, 2.05) is 55.6 Å². The first kappa shape index (κ1) is 16.3. The molecule has 22 heavy (non-hydrogen) atoms. The van der Waals surface area contributed by atoms with Gasteiger partial charge in [-0.3, -0.25) is 0 Å². The first-order valence-electron chi connectivity index (χ1n) is 7.42. The average Bonchev–Trinajstić information content (AvgIpc) is 2.58. The number of para-hydroxylation sites is 1. The predicted molar refractivity (Wildman–Crippen MR) is 87.3 cm³/mol. The average molecular weight is 301 g/mol. The third-order valence-corrected chi connectivity index (χ3v) is 3.50. The molecule has 1 atom stereocenters. The largest absolute Gasteiger partial charge is 0.496 e. The van der Waals surface area contributed by atoms with E-state index >= 15 is 0 Å². The Balaban J connectivity index is 2.01. The van der Waals surface area contributed by atoms with Crippen molar-refractivity contribution in [3.8, 4) is 11.5 Å². The molecular weight excluding hydrogens is 278 g/mol. The highest BCUT2D eigenvalue weighted by atomic mass is 16.5. The number of rotatable bonds is 8. The SMILES string of the molecule is CNCCC(O)c1cccc(OCc2ccccc2OC)c1. The second-order valence-corrected chi connectivity index (χ2v) is 5.08. The van der Waals surface area contributed by atoms with Gasteiger partial charge in [0.2, 0.25) is 0 Å². The van der Waals surface area contributed by atoms with Crippen molar-refractivity contribution in [3.63, 3.8) is 0 Å². The zero-order valence-corrected chi connectivity index (χ0v) is 13.1. The van der Waals surface area contributed by atoms with Crippen LogP contribution < -0.4 is 14.8 Å². The summed E-state index contributed by atoms with van der Waals surface area (Å²) in [5.74, 6) is 1.56. The number of nitrogens with one attached hydrogen (secondary N) is 1. The zero-order chi connectivity index (χ0) is 15.8. The fourth-order valence-electron chi connectivity index (χ4n) is 2.24. The minimum absolute atomic E-state index is 0.431. The Hall–Kier alpha value is -2.04. The molecule has 4 heteroatoms. The Morgan fingerprint density at radius 1 is 1.14 bits per heavy atom. The lowest BCUT2D eigenvalue weighted by molar-refractivity contribution is 0.167. The van der Waals surface area contributed by atoms with Crippen molar-refractivity contribution in [2.45, 2.75) is 19.1 Å². The zero-order valence-electron chi connectivity index (χ0n) is 13.1. The standard InChI is InChI=1S/C18H23NO3/c1-19-11-10-17(20)14-7-5-8-16(12-14)22-13-15-6-3-4-9-18(15)21-2/h3-9,12,17,19-20H,10-11,13H2,1-2H3. The summed E-state index contributed by atoms with van der Waals surface area (Å²) < 4.78 is 11.1. The Bertz CT molecular complexity index is 586. The van der Waals surface area contributed by atoms with Crippen LogP contribution in [-0.2, 0) is 6.61 Å². The molecule has 0 aliphatic heterocycles. The molecule has 2 N–H and O–H groups in total. The van der Waals surface area contributed by atoms with Crippen LogP contribution >= 0.6 is 0 Å². The molecule has 0 fully saturated rings. The molecule has 0 heterocycles. The fourth-order valence-corrected chi connectivity index (χ4v) is 2.24. The van der Waals surface area contributed by atoms with Crippen LogP contribution in [0.4, 0.5) is 0 Å². The molecule has 0 aliphatic rings. The van der Waals surface area contributed by atoms with E-state index in [2.05, 4.69) is 5.32 Å². The second-order valence-electron chi connectivity index (χ2n) is 5.08. The molecule has 0 saturated heterocycles. The number of aliphatic hydroxyl groups is 1. The van der Waals surface area contributed by atoms with Crippen LogP contribution in [-0.4, -0.2) is 25.8 Å². The highest BCUT2D eigenvalue weighted by Gasteiger charge is 2.08. The lowest BCUT2D eigenvalue weighted by Gasteiger charge is -2.13. The maximum absolute atomic E-state index is 10.1. The van der Waals surface area contributed by atoms with E-state index in [9.17, 15) is 5.11 Å². The summed E-state index contributed by atoms with van der Waals surface area (Å²) in [4.78, 5) is 0. The predicted octanol–water partition coefficient (Wildman–Crippen LogP) is 2.92. The molecule has 0 radical (unpaired) electrons. The van der Waals surface area contributed by atoms with Gasteiger partial charge in [0.1, 0.15) is 18.1 Å². The third kappa shape index (κ3) is 4.48. The van der Waals surface area contributed by atoms with Crippen LogP contribution in [0.25, 0.3) is 0 Å². The molecule has 0 aliphatic carbocycles. The highest BCUT2D eigenvalue weighted by molar-refractivity contribution is 5.34. The van der Waals surface area contributed by atoms with E-state index < -0.39 is 6.10 Å². The first-order valence-corrected chi connectivity index (χ1v) is 7.42. The fraction of sp³-hybridized carbons (Fsp3) is 0.333. The second kappa shape index (κ2) is 8.41. The number of ether oxygens (including phenoxy) is 2. The summed E-state index contributed by atoms with van der Waals surface area (Å²) in [6.45, 7) is 1.20. The van der Waals surface area contributed by atoms with Crippen molar-refractivity contribution >= 4 is 0 Å². The summed E-state index contributed by atoms with van der Waals surface area (Å²) in [7, 11) is 3.52. The summed E-state index contributed by atoms with van der Waals surface area (Å²) in [6, 6.07) is 15.4. The van der Waals surface area contributed by atoms with Gasteiger partial charge in [-0.2, -0.15) is 0 Å². The number of aliphatic hydroxyl groups excluding tert-OH is 1. The van der Waals surface area contributed by atoms with Crippen molar-refractivity contribution in [2.24, 2.45) is 0 Å². The van der Waals surface area contributed by atoms with Gasteiger partial charge in [0.05, 0.1) is 13.2 Å². The van der Waals surface area contributed by atoms with Gasteiger partial charge >= 0.3 is 0 Å². The third-order valence-electron chi connectivity index (χ3n) is 3.50. The minimum atomic E-state index is -0.484. The molecule has 2 aromatic carbocycles. The van der Waals surface area contributed by atoms with Crippen LogP contribution in [0.3, 0.4) is 0 Å². The molecule has 4 nitrogen and oxygen atoms in total. The van der Waals surface area contributed by atoms with Crippen molar-refractivity contribution < 1.29 is 14.6 Å². The van der Waals surface area contributed by atoms with Crippen molar-refractivity contribution in [1.29, 1.82) is 0 Å². The summed E-state index contributed by atoms with van der Waals surface area (Å²) in [5.41, 5.74) is 1.86. The topological polar surface area (TPSA) is 50.7 Å². The Labute approximate surface area is 131 Å². The number of methoxy groups -OCH3 is 1. The summed E-state index contributed by atoms with van der Waals surface area (Å²) in [6.07, 6.45) is 0.189. The van der Waals surface area contributed by atoms with E-state index in [0.29, 0.717) is 13.0 Å². The van der Waals surface area contributed by atoms with E-state index in [4.69, 9.17) is 9.47 Å². The molecule has 2 rings (SSSR count). The maximum Gasteiger partial charge on any atom is 0.125 e. The smallest absolute Gasteiger partial charge is 0.125 e. The maximum atomic E-state index is 10.1. The number of hydrogen-bond acceptors (Lipinski definition) is 4. The monoisotopic (exact) mass is 301 g/mol. The normalized spacial score (nSPS) is 12.0. The van der Waals surface area contributed by atoms with Gasteiger partial charge < -0.3 is 19.9 Å². The van der Waals surface area contributed by atoms with E-state index in [1.54, 1.807) is 7.11 Å². The van der Waals surface area contributed by atoms with E-state index in [0.717, 1.165) is 29.2 Å². The number of benzene rings is 2. The Morgan fingerprint density at radius 2 is 1.95 bits per heavy atom. The lowest BCUT2D eigenvalue weighted by atomic mass is 10.1.